The van der Waals surface area contributed by atoms with Crippen LogP contribution < -0.4 is 9.64 Å². The number of hydrogen-bond acceptors (Lipinski definition) is 6. The molecule has 0 aliphatic heterocycles. The summed E-state index contributed by atoms with van der Waals surface area (Å²) in [6, 6.07) is 5.55. The SMILES string of the molecule is CCN(CC)CCN(C(=O)c1cn(C)nc1OC)c1nc2ccc(Cl)cc2s1. The average molecular weight is 422 g/mol. The summed E-state index contributed by atoms with van der Waals surface area (Å²) in [5.74, 6) is 0.131. The van der Waals surface area contributed by atoms with Gasteiger partial charge in [0.15, 0.2) is 5.13 Å². The van der Waals surface area contributed by atoms with Crippen LogP contribution in [0.2, 0.25) is 5.02 Å². The molecule has 2 heterocycles. The van der Waals surface area contributed by atoms with Crippen molar-refractivity contribution in [3.63, 3.8) is 0 Å². The number of methoxy groups -OCH3 is 1. The highest BCUT2D eigenvalue weighted by atomic mass is 35.5. The lowest BCUT2D eigenvalue weighted by molar-refractivity contribution is 0.0981. The van der Waals surface area contributed by atoms with E-state index >= 15 is 0 Å². The molecule has 0 atom stereocenters. The van der Waals surface area contributed by atoms with Crippen LogP contribution in [0.3, 0.4) is 0 Å². The Labute approximate surface area is 173 Å². The van der Waals surface area contributed by atoms with Crippen LogP contribution in [0.25, 0.3) is 10.2 Å². The number of carbonyl (C=O) groups excluding carboxylic acids is 1. The maximum Gasteiger partial charge on any atom is 0.267 e. The number of amides is 1. The molecule has 0 spiro atoms. The van der Waals surface area contributed by atoms with E-state index in [1.165, 1.54) is 18.4 Å². The standard InChI is InChI=1S/C19H24ClN5O2S/c1-5-24(6-2)9-10-25(18(26)14-12-23(3)22-17(14)27-4)19-21-15-8-7-13(20)11-16(15)28-19/h7-8,11-12H,5-6,9-10H2,1-4H3. The zero-order valence-corrected chi connectivity index (χ0v) is 18.0. The lowest BCUT2D eigenvalue weighted by atomic mass is 10.3. The van der Waals surface area contributed by atoms with Gasteiger partial charge in [-0.25, -0.2) is 4.98 Å². The van der Waals surface area contributed by atoms with Crippen molar-refractivity contribution < 1.29 is 9.53 Å². The predicted octanol–water partition coefficient (Wildman–Crippen LogP) is 3.68. The van der Waals surface area contributed by atoms with Gasteiger partial charge in [-0.05, 0) is 31.3 Å². The third-order valence-corrected chi connectivity index (χ3v) is 5.84. The molecule has 2 aromatic heterocycles. The number of anilines is 1. The van der Waals surface area contributed by atoms with Gasteiger partial charge in [-0.3, -0.25) is 14.4 Å². The lowest BCUT2D eigenvalue weighted by Crippen LogP contribution is -2.38. The molecule has 0 aliphatic rings. The molecular weight excluding hydrogens is 398 g/mol. The van der Waals surface area contributed by atoms with Gasteiger partial charge in [-0.1, -0.05) is 36.8 Å². The molecule has 1 amide bonds. The highest BCUT2D eigenvalue weighted by molar-refractivity contribution is 7.22. The van der Waals surface area contributed by atoms with Crippen LogP contribution in [0.1, 0.15) is 24.2 Å². The Bertz CT molecular complexity index is 967. The van der Waals surface area contributed by atoms with Crippen molar-refractivity contribution in [1.82, 2.24) is 19.7 Å². The lowest BCUT2D eigenvalue weighted by Gasteiger charge is -2.24. The first kappa shape index (κ1) is 20.6. The molecule has 0 saturated heterocycles. The van der Waals surface area contributed by atoms with E-state index in [1.54, 1.807) is 28.9 Å². The van der Waals surface area contributed by atoms with Crippen molar-refractivity contribution in [2.45, 2.75) is 13.8 Å². The second-order valence-corrected chi connectivity index (χ2v) is 7.76. The van der Waals surface area contributed by atoms with Crippen LogP contribution in [0.15, 0.2) is 24.4 Å². The molecule has 0 bridgehead atoms. The molecule has 0 radical (unpaired) electrons. The molecule has 0 aliphatic carbocycles. The smallest absolute Gasteiger partial charge is 0.267 e. The minimum absolute atomic E-state index is 0.178. The number of carbonyl (C=O) groups is 1. The Morgan fingerprint density at radius 2 is 2.04 bits per heavy atom. The van der Waals surface area contributed by atoms with Crippen LogP contribution >= 0.6 is 22.9 Å². The van der Waals surface area contributed by atoms with E-state index in [0.717, 1.165) is 29.9 Å². The first-order valence-corrected chi connectivity index (χ1v) is 10.3. The molecule has 3 rings (SSSR count). The van der Waals surface area contributed by atoms with Gasteiger partial charge in [0.05, 0.1) is 17.3 Å². The van der Waals surface area contributed by atoms with Crippen molar-refractivity contribution in [2.24, 2.45) is 7.05 Å². The Hall–Kier alpha value is -2.16. The molecule has 150 valence electrons. The molecule has 7 nitrogen and oxygen atoms in total. The normalized spacial score (nSPS) is 11.4. The summed E-state index contributed by atoms with van der Waals surface area (Å²) >= 11 is 7.57. The second kappa shape index (κ2) is 8.89. The fourth-order valence-electron chi connectivity index (χ4n) is 2.98. The fraction of sp³-hybridized carbons (Fsp3) is 0.421. The van der Waals surface area contributed by atoms with Gasteiger partial charge in [0, 0.05) is 31.4 Å². The van der Waals surface area contributed by atoms with Crippen LogP contribution in [-0.4, -0.2) is 58.9 Å². The number of aryl methyl sites for hydroxylation is 1. The molecule has 0 saturated carbocycles. The monoisotopic (exact) mass is 421 g/mol. The van der Waals surface area contributed by atoms with Crippen LogP contribution in [0.4, 0.5) is 5.13 Å². The van der Waals surface area contributed by atoms with Crippen molar-refractivity contribution >= 4 is 44.2 Å². The van der Waals surface area contributed by atoms with Crippen molar-refractivity contribution in [3.8, 4) is 5.88 Å². The van der Waals surface area contributed by atoms with E-state index < -0.39 is 0 Å². The van der Waals surface area contributed by atoms with E-state index in [1.807, 2.05) is 12.1 Å². The maximum absolute atomic E-state index is 13.4. The van der Waals surface area contributed by atoms with E-state index in [0.29, 0.717) is 28.1 Å². The number of ether oxygens (including phenoxy) is 1. The highest BCUT2D eigenvalue weighted by Gasteiger charge is 2.26. The molecule has 0 unspecified atom stereocenters. The zero-order valence-electron chi connectivity index (χ0n) is 16.5. The number of rotatable bonds is 8. The summed E-state index contributed by atoms with van der Waals surface area (Å²) in [6.45, 7) is 7.33. The summed E-state index contributed by atoms with van der Waals surface area (Å²) in [7, 11) is 3.28. The Morgan fingerprint density at radius 1 is 1.29 bits per heavy atom. The summed E-state index contributed by atoms with van der Waals surface area (Å²) in [5, 5.41) is 5.50. The fourth-order valence-corrected chi connectivity index (χ4v) is 4.24. The van der Waals surface area contributed by atoms with Gasteiger partial charge < -0.3 is 9.64 Å². The van der Waals surface area contributed by atoms with E-state index in [4.69, 9.17) is 16.3 Å². The topological polar surface area (TPSA) is 63.5 Å². The summed E-state index contributed by atoms with van der Waals surface area (Å²) < 4.78 is 7.81. The molecule has 0 fully saturated rings. The number of benzene rings is 1. The van der Waals surface area contributed by atoms with Gasteiger partial charge in [-0.2, -0.15) is 0 Å². The van der Waals surface area contributed by atoms with Gasteiger partial charge in [-0.15, -0.1) is 5.10 Å². The number of thiazole rings is 1. The largest absolute Gasteiger partial charge is 0.479 e. The molecule has 3 aromatic rings. The van der Waals surface area contributed by atoms with Gasteiger partial charge in [0.25, 0.3) is 5.91 Å². The van der Waals surface area contributed by atoms with Crippen LogP contribution in [0, 0.1) is 0 Å². The van der Waals surface area contributed by atoms with E-state index in [-0.39, 0.29) is 5.91 Å². The minimum atomic E-state index is -0.178. The third kappa shape index (κ3) is 4.29. The molecule has 0 N–H and O–H groups in total. The molecule has 9 heteroatoms. The number of likely N-dealkylation sites (N-methyl/N-ethyl adjacent to an activating group) is 1. The van der Waals surface area contributed by atoms with Gasteiger partial charge >= 0.3 is 0 Å². The van der Waals surface area contributed by atoms with Crippen molar-refractivity contribution in [3.05, 3.63) is 35.0 Å². The van der Waals surface area contributed by atoms with E-state index in [9.17, 15) is 4.79 Å². The second-order valence-electron chi connectivity index (χ2n) is 6.32. The summed E-state index contributed by atoms with van der Waals surface area (Å²) in [4.78, 5) is 22.0. The summed E-state index contributed by atoms with van der Waals surface area (Å²) in [5.41, 5.74) is 1.24. The third-order valence-electron chi connectivity index (χ3n) is 4.57. The van der Waals surface area contributed by atoms with Crippen LogP contribution in [-0.2, 0) is 7.05 Å². The van der Waals surface area contributed by atoms with Crippen molar-refractivity contribution in [2.75, 3.05) is 38.2 Å². The average Bonchev–Trinajstić information content (AvgIpc) is 3.27. The number of aromatic nitrogens is 3. The molecule has 1 aromatic carbocycles. The van der Waals surface area contributed by atoms with E-state index in [2.05, 4.69) is 28.8 Å². The first-order chi connectivity index (χ1) is 13.5. The Balaban J connectivity index is 1.98. The Kier molecular flexibility index (Phi) is 6.53. The molecular formula is C19H24ClN5O2S. The number of fused-ring (bicyclic) bond motifs is 1. The molecule has 28 heavy (non-hydrogen) atoms. The van der Waals surface area contributed by atoms with Crippen LogP contribution in [0.5, 0.6) is 5.88 Å². The Morgan fingerprint density at radius 3 is 2.71 bits per heavy atom. The first-order valence-electron chi connectivity index (χ1n) is 9.14. The predicted molar refractivity (Wildman–Crippen MR) is 114 cm³/mol. The maximum atomic E-state index is 13.4. The van der Waals surface area contributed by atoms with Crippen molar-refractivity contribution in [1.29, 1.82) is 0 Å². The summed E-state index contributed by atoms with van der Waals surface area (Å²) in [6.07, 6.45) is 1.68. The number of nitrogens with zero attached hydrogens (tertiary/aromatic N) is 5. The van der Waals surface area contributed by atoms with Gasteiger partial charge in [0.1, 0.15) is 5.56 Å². The van der Waals surface area contributed by atoms with Gasteiger partial charge in [0.2, 0.25) is 5.88 Å². The highest BCUT2D eigenvalue weighted by Crippen LogP contribution is 2.32. The minimum Gasteiger partial charge on any atom is -0.479 e. The zero-order chi connectivity index (χ0) is 20.3. The number of halogens is 1. The quantitative estimate of drug-likeness (QED) is 0.555. The number of hydrogen-bond donors (Lipinski definition) is 0.